The van der Waals surface area contributed by atoms with Crippen molar-refractivity contribution in [2.75, 3.05) is 0 Å². The van der Waals surface area contributed by atoms with Crippen LogP contribution in [0.15, 0.2) is 16.6 Å². The van der Waals surface area contributed by atoms with E-state index >= 15 is 0 Å². The van der Waals surface area contributed by atoms with Crippen LogP contribution in [0.1, 0.15) is 33.2 Å². The molecule has 16 heavy (non-hydrogen) atoms. The van der Waals surface area contributed by atoms with Gasteiger partial charge in [0.2, 0.25) is 0 Å². The Morgan fingerprint density at radius 2 is 1.94 bits per heavy atom. The molecule has 0 saturated heterocycles. The summed E-state index contributed by atoms with van der Waals surface area (Å²) in [6.07, 6.45) is -4.61. The van der Waals surface area contributed by atoms with Gasteiger partial charge in [-0.25, -0.2) is 0 Å². The molecule has 1 rings (SSSR count). The summed E-state index contributed by atoms with van der Waals surface area (Å²) in [5, 5.41) is 0. The third-order valence-electron chi connectivity index (χ3n) is 1.95. The minimum atomic E-state index is -4.66. The van der Waals surface area contributed by atoms with Crippen LogP contribution >= 0.6 is 15.9 Å². The summed E-state index contributed by atoms with van der Waals surface area (Å²) < 4.78 is 37.8. The molecule has 1 aromatic rings. The first-order valence-electron chi connectivity index (χ1n) is 4.14. The summed E-state index contributed by atoms with van der Waals surface area (Å²) in [4.78, 5) is 21.8. The number of alkyl halides is 3. The maximum Gasteiger partial charge on any atom is 0.417 e. The zero-order valence-electron chi connectivity index (χ0n) is 8.06. The second kappa shape index (κ2) is 4.37. The first-order valence-corrected chi connectivity index (χ1v) is 4.93. The molecule has 86 valence electrons. The van der Waals surface area contributed by atoms with Gasteiger partial charge >= 0.3 is 6.18 Å². The van der Waals surface area contributed by atoms with Gasteiger partial charge in [-0.05, 0) is 19.1 Å². The number of hydrogen-bond donors (Lipinski definition) is 0. The molecule has 0 fully saturated rings. The minimum absolute atomic E-state index is 0.0476. The van der Waals surface area contributed by atoms with Gasteiger partial charge in [0.25, 0.3) is 0 Å². The van der Waals surface area contributed by atoms with Crippen molar-refractivity contribution in [1.29, 1.82) is 0 Å². The molecule has 0 radical (unpaired) electrons. The molecule has 0 aliphatic rings. The number of benzene rings is 1. The van der Waals surface area contributed by atoms with Crippen LogP contribution in [0.2, 0.25) is 0 Å². The molecule has 0 N–H and O–H groups in total. The summed E-state index contributed by atoms with van der Waals surface area (Å²) in [5.41, 5.74) is -1.97. The SMILES string of the molecule is CC(=O)c1cc(Br)cc(C(F)(F)F)c1C=O. The van der Waals surface area contributed by atoms with Crippen LogP contribution in [0, 0.1) is 0 Å². The van der Waals surface area contributed by atoms with E-state index in [2.05, 4.69) is 15.9 Å². The summed E-state index contributed by atoms with van der Waals surface area (Å²) in [5.74, 6) is -0.589. The minimum Gasteiger partial charge on any atom is -0.298 e. The zero-order valence-corrected chi connectivity index (χ0v) is 9.65. The van der Waals surface area contributed by atoms with Gasteiger partial charge in [0.05, 0.1) is 5.56 Å². The molecule has 0 bridgehead atoms. The molecule has 0 atom stereocenters. The van der Waals surface area contributed by atoms with Gasteiger partial charge in [0.15, 0.2) is 12.1 Å². The summed E-state index contributed by atoms with van der Waals surface area (Å²) >= 11 is 2.87. The average molecular weight is 295 g/mol. The van der Waals surface area contributed by atoms with Crippen LogP contribution in [0.3, 0.4) is 0 Å². The van der Waals surface area contributed by atoms with E-state index < -0.39 is 23.1 Å². The fourth-order valence-corrected chi connectivity index (χ4v) is 1.73. The Balaban J connectivity index is 3.61. The van der Waals surface area contributed by atoms with E-state index in [1.807, 2.05) is 0 Å². The van der Waals surface area contributed by atoms with Gasteiger partial charge in [0, 0.05) is 15.6 Å². The van der Waals surface area contributed by atoms with Crippen molar-refractivity contribution in [2.45, 2.75) is 13.1 Å². The standard InChI is InChI=1S/C10H6BrF3O2/c1-5(16)7-2-6(11)3-9(8(7)4-15)10(12,13)14/h2-4H,1H3. The Morgan fingerprint density at radius 3 is 2.31 bits per heavy atom. The lowest BCUT2D eigenvalue weighted by Crippen LogP contribution is -2.12. The molecule has 1 aromatic carbocycles. The fraction of sp³-hybridized carbons (Fsp3) is 0.200. The largest absolute Gasteiger partial charge is 0.417 e. The highest BCUT2D eigenvalue weighted by Crippen LogP contribution is 2.35. The third kappa shape index (κ3) is 2.49. The Bertz CT molecular complexity index is 452. The highest BCUT2D eigenvalue weighted by Gasteiger charge is 2.35. The van der Waals surface area contributed by atoms with Crippen molar-refractivity contribution < 1.29 is 22.8 Å². The lowest BCUT2D eigenvalue weighted by atomic mass is 9.99. The van der Waals surface area contributed by atoms with Gasteiger partial charge < -0.3 is 0 Å². The molecule has 0 heterocycles. The number of carbonyl (C=O) groups is 2. The molecule has 2 nitrogen and oxygen atoms in total. The van der Waals surface area contributed by atoms with Crippen LogP contribution in [-0.4, -0.2) is 12.1 Å². The number of ketones is 1. The highest BCUT2D eigenvalue weighted by atomic mass is 79.9. The first-order chi connectivity index (χ1) is 7.27. The second-order valence-corrected chi connectivity index (χ2v) is 4.00. The van der Waals surface area contributed by atoms with Gasteiger partial charge in [0.1, 0.15) is 0 Å². The molecular weight excluding hydrogens is 289 g/mol. The molecular formula is C10H6BrF3O2. The van der Waals surface area contributed by atoms with E-state index in [1.54, 1.807) is 0 Å². The lowest BCUT2D eigenvalue weighted by Gasteiger charge is -2.12. The van der Waals surface area contributed by atoms with Crippen molar-refractivity contribution in [3.8, 4) is 0 Å². The molecule has 0 aliphatic carbocycles. The van der Waals surface area contributed by atoms with Gasteiger partial charge in [-0.2, -0.15) is 13.2 Å². The van der Waals surface area contributed by atoms with E-state index in [1.165, 1.54) is 6.07 Å². The smallest absolute Gasteiger partial charge is 0.298 e. The van der Waals surface area contributed by atoms with E-state index in [0.717, 1.165) is 13.0 Å². The maximum absolute atomic E-state index is 12.6. The van der Waals surface area contributed by atoms with E-state index in [0.29, 0.717) is 0 Å². The number of carbonyl (C=O) groups excluding carboxylic acids is 2. The van der Waals surface area contributed by atoms with Crippen molar-refractivity contribution >= 4 is 28.0 Å². The topological polar surface area (TPSA) is 34.1 Å². The van der Waals surface area contributed by atoms with Crippen LogP contribution < -0.4 is 0 Å². The number of rotatable bonds is 2. The summed E-state index contributed by atoms with van der Waals surface area (Å²) in [6, 6.07) is 1.97. The quantitative estimate of drug-likeness (QED) is 0.618. The van der Waals surface area contributed by atoms with Crippen LogP contribution in [-0.2, 0) is 6.18 Å². The number of aldehydes is 1. The van der Waals surface area contributed by atoms with Gasteiger partial charge in [-0.1, -0.05) is 15.9 Å². The number of hydrogen-bond acceptors (Lipinski definition) is 2. The van der Waals surface area contributed by atoms with E-state index in [-0.39, 0.29) is 16.3 Å². The Hall–Kier alpha value is -1.17. The Morgan fingerprint density at radius 1 is 1.38 bits per heavy atom. The average Bonchev–Trinajstić information content (AvgIpc) is 2.14. The van der Waals surface area contributed by atoms with Gasteiger partial charge in [-0.3, -0.25) is 9.59 Å². The highest BCUT2D eigenvalue weighted by molar-refractivity contribution is 9.10. The number of halogens is 4. The Labute approximate surface area is 97.6 Å². The molecule has 0 amide bonds. The van der Waals surface area contributed by atoms with Crippen LogP contribution in [0.4, 0.5) is 13.2 Å². The molecule has 0 spiro atoms. The zero-order chi connectivity index (χ0) is 12.5. The van der Waals surface area contributed by atoms with Gasteiger partial charge in [-0.15, -0.1) is 0 Å². The molecule has 6 heteroatoms. The Kier molecular flexibility index (Phi) is 3.52. The van der Waals surface area contributed by atoms with Crippen molar-refractivity contribution in [1.82, 2.24) is 0 Å². The van der Waals surface area contributed by atoms with E-state index in [4.69, 9.17) is 0 Å². The van der Waals surface area contributed by atoms with Crippen LogP contribution in [0.5, 0.6) is 0 Å². The van der Waals surface area contributed by atoms with E-state index in [9.17, 15) is 22.8 Å². The monoisotopic (exact) mass is 294 g/mol. The maximum atomic E-state index is 12.6. The van der Waals surface area contributed by atoms with Crippen molar-refractivity contribution in [3.05, 3.63) is 33.3 Å². The molecule has 0 aliphatic heterocycles. The van der Waals surface area contributed by atoms with Crippen LogP contribution in [0.25, 0.3) is 0 Å². The predicted octanol–water partition coefficient (Wildman–Crippen LogP) is 3.48. The normalized spacial score (nSPS) is 11.3. The predicted molar refractivity (Wildman–Crippen MR) is 54.5 cm³/mol. The molecule has 0 unspecified atom stereocenters. The molecule has 0 saturated carbocycles. The fourth-order valence-electron chi connectivity index (χ4n) is 1.27. The molecule has 0 aromatic heterocycles. The lowest BCUT2D eigenvalue weighted by molar-refractivity contribution is -0.137. The van der Waals surface area contributed by atoms with Crippen molar-refractivity contribution in [3.63, 3.8) is 0 Å². The summed E-state index contributed by atoms with van der Waals surface area (Å²) in [7, 11) is 0. The second-order valence-electron chi connectivity index (χ2n) is 3.09. The van der Waals surface area contributed by atoms with Crippen molar-refractivity contribution in [2.24, 2.45) is 0 Å². The third-order valence-corrected chi connectivity index (χ3v) is 2.41. The summed E-state index contributed by atoms with van der Waals surface area (Å²) in [6.45, 7) is 1.11. The first kappa shape index (κ1) is 12.9. The number of Topliss-reactive ketones (excluding diaryl/α,β-unsaturated/α-hetero) is 1.